The molecule has 116 valence electrons. The molecule has 0 saturated carbocycles. The van der Waals surface area contributed by atoms with E-state index < -0.39 is 0 Å². The van der Waals surface area contributed by atoms with E-state index >= 15 is 0 Å². The first kappa shape index (κ1) is 16.4. The van der Waals surface area contributed by atoms with E-state index in [1.807, 2.05) is 39.0 Å². The van der Waals surface area contributed by atoms with Crippen LogP contribution in [0.5, 0.6) is 0 Å². The lowest BCUT2D eigenvalue weighted by molar-refractivity contribution is 0.0933. The standard InChI is InChI=1S/C16H19BrN4O/c1-4-11(3)18-16(22)14-7-8-15(21-20-14)19-12-6-5-10(2)13(17)9-12/h5-9,11H,4H2,1-3H3,(H,18,22)(H,19,21). The maximum absolute atomic E-state index is 11.9. The lowest BCUT2D eigenvalue weighted by Gasteiger charge is -2.11. The fourth-order valence-corrected chi connectivity index (χ4v) is 2.12. The van der Waals surface area contributed by atoms with Crippen LogP contribution < -0.4 is 10.6 Å². The number of carbonyl (C=O) groups is 1. The largest absolute Gasteiger partial charge is 0.348 e. The molecule has 0 aliphatic carbocycles. The Morgan fingerprint density at radius 2 is 2.05 bits per heavy atom. The second-order valence-corrected chi connectivity index (χ2v) is 6.03. The molecule has 1 unspecified atom stereocenters. The Morgan fingerprint density at radius 1 is 1.27 bits per heavy atom. The van der Waals surface area contributed by atoms with E-state index in [9.17, 15) is 4.79 Å². The number of amides is 1. The molecule has 2 rings (SSSR count). The normalized spacial score (nSPS) is 11.8. The zero-order chi connectivity index (χ0) is 16.1. The number of rotatable bonds is 5. The lowest BCUT2D eigenvalue weighted by atomic mass is 10.2. The summed E-state index contributed by atoms with van der Waals surface area (Å²) in [5.41, 5.74) is 2.38. The molecule has 2 N–H and O–H groups in total. The number of halogens is 1. The van der Waals surface area contributed by atoms with Gasteiger partial charge in [-0.25, -0.2) is 0 Å². The molecule has 2 aromatic rings. The minimum atomic E-state index is -0.202. The Hall–Kier alpha value is -1.95. The monoisotopic (exact) mass is 362 g/mol. The van der Waals surface area contributed by atoms with Crippen LogP contribution in [-0.2, 0) is 0 Å². The topological polar surface area (TPSA) is 66.9 Å². The number of hydrogen-bond donors (Lipinski definition) is 2. The van der Waals surface area contributed by atoms with Crippen LogP contribution >= 0.6 is 15.9 Å². The number of nitrogens with zero attached hydrogens (tertiary/aromatic N) is 2. The molecule has 0 saturated heterocycles. The highest BCUT2D eigenvalue weighted by Crippen LogP contribution is 2.22. The van der Waals surface area contributed by atoms with E-state index in [0.717, 1.165) is 22.1 Å². The molecule has 5 nitrogen and oxygen atoms in total. The summed E-state index contributed by atoms with van der Waals surface area (Å²) < 4.78 is 1.02. The number of hydrogen-bond acceptors (Lipinski definition) is 4. The van der Waals surface area contributed by atoms with E-state index in [0.29, 0.717) is 11.5 Å². The number of benzene rings is 1. The summed E-state index contributed by atoms with van der Waals surface area (Å²) >= 11 is 3.49. The molecule has 6 heteroatoms. The lowest BCUT2D eigenvalue weighted by Crippen LogP contribution is -2.32. The Kier molecular flexibility index (Phi) is 5.49. The number of aryl methyl sites for hydroxylation is 1. The van der Waals surface area contributed by atoms with Gasteiger partial charge in [0.2, 0.25) is 0 Å². The molecular formula is C16H19BrN4O. The predicted octanol–water partition coefficient (Wildman–Crippen LogP) is 3.82. The molecule has 1 atom stereocenters. The number of carbonyl (C=O) groups excluding carboxylic acids is 1. The Balaban J connectivity index is 2.05. The predicted molar refractivity (Wildman–Crippen MR) is 91.4 cm³/mol. The van der Waals surface area contributed by atoms with Crippen molar-refractivity contribution in [1.82, 2.24) is 15.5 Å². The highest BCUT2D eigenvalue weighted by atomic mass is 79.9. The van der Waals surface area contributed by atoms with Crippen LogP contribution in [0.3, 0.4) is 0 Å². The van der Waals surface area contributed by atoms with Gasteiger partial charge in [-0.05, 0) is 50.1 Å². The third kappa shape index (κ3) is 4.27. The Morgan fingerprint density at radius 3 is 2.64 bits per heavy atom. The van der Waals surface area contributed by atoms with Gasteiger partial charge >= 0.3 is 0 Å². The Labute approximate surface area is 138 Å². The van der Waals surface area contributed by atoms with Crippen molar-refractivity contribution in [3.8, 4) is 0 Å². The van der Waals surface area contributed by atoms with Crippen LogP contribution in [0.1, 0.15) is 36.3 Å². The summed E-state index contributed by atoms with van der Waals surface area (Å²) in [6.45, 7) is 6.00. The van der Waals surface area contributed by atoms with Gasteiger partial charge in [-0.2, -0.15) is 0 Å². The Bertz CT molecular complexity index is 658. The van der Waals surface area contributed by atoms with Gasteiger partial charge < -0.3 is 10.6 Å². The van der Waals surface area contributed by atoms with Gasteiger partial charge in [0.05, 0.1) is 0 Å². The van der Waals surface area contributed by atoms with Crippen molar-refractivity contribution < 1.29 is 4.79 Å². The van der Waals surface area contributed by atoms with Crippen molar-refractivity contribution in [3.63, 3.8) is 0 Å². The van der Waals surface area contributed by atoms with E-state index in [1.54, 1.807) is 12.1 Å². The van der Waals surface area contributed by atoms with Crippen molar-refractivity contribution in [2.75, 3.05) is 5.32 Å². The van der Waals surface area contributed by atoms with Gasteiger partial charge in [0.15, 0.2) is 11.5 Å². The SMILES string of the molecule is CCC(C)NC(=O)c1ccc(Nc2ccc(C)c(Br)c2)nn1. The van der Waals surface area contributed by atoms with Gasteiger partial charge in [-0.15, -0.1) is 10.2 Å². The van der Waals surface area contributed by atoms with Gasteiger partial charge in [-0.3, -0.25) is 4.79 Å². The molecular weight excluding hydrogens is 344 g/mol. The summed E-state index contributed by atoms with van der Waals surface area (Å²) in [6, 6.07) is 9.47. The fraction of sp³-hybridized carbons (Fsp3) is 0.312. The summed E-state index contributed by atoms with van der Waals surface area (Å²) in [5.74, 6) is 0.391. The quantitative estimate of drug-likeness (QED) is 0.848. The van der Waals surface area contributed by atoms with Crippen molar-refractivity contribution in [3.05, 3.63) is 46.1 Å². The van der Waals surface area contributed by atoms with Crippen molar-refractivity contribution in [1.29, 1.82) is 0 Å². The minimum Gasteiger partial charge on any atom is -0.348 e. The molecule has 1 aromatic heterocycles. The molecule has 0 fully saturated rings. The maximum atomic E-state index is 11.9. The zero-order valence-electron chi connectivity index (χ0n) is 12.9. The highest BCUT2D eigenvalue weighted by molar-refractivity contribution is 9.10. The molecule has 0 bridgehead atoms. The first-order valence-electron chi connectivity index (χ1n) is 7.17. The average Bonchev–Trinajstić information content (AvgIpc) is 2.51. The summed E-state index contributed by atoms with van der Waals surface area (Å²) in [6.07, 6.45) is 0.876. The average molecular weight is 363 g/mol. The molecule has 1 aromatic carbocycles. The van der Waals surface area contributed by atoms with Crippen molar-refractivity contribution >= 4 is 33.3 Å². The number of aromatic nitrogens is 2. The molecule has 1 heterocycles. The molecule has 1 amide bonds. The first-order valence-corrected chi connectivity index (χ1v) is 7.96. The van der Waals surface area contributed by atoms with E-state index in [1.165, 1.54) is 0 Å². The molecule has 0 aliphatic heterocycles. The zero-order valence-corrected chi connectivity index (χ0v) is 14.4. The third-order valence-electron chi connectivity index (χ3n) is 3.33. The van der Waals surface area contributed by atoms with Crippen molar-refractivity contribution in [2.24, 2.45) is 0 Å². The summed E-state index contributed by atoms with van der Waals surface area (Å²) in [7, 11) is 0. The first-order chi connectivity index (χ1) is 10.5. The van der Waals surface area contributed by atoms with Crippen molar-refractivity contribution in [2.45, 2.75) is 33.2 Å². The number of nitrogens with one attached hydrogen (secondary N) is 2. The summed E-state index contributed by atoms with van der Waals surface area (Å²) in [4.78, 5) is 11.9. The third-order valence-corrected chi connectivity index (χ3v) is 4.19. The van der Waals surface area contributed by atoms with Crippen LogP contribution in [0.2, 0.25) is 0 Å². The highest BCUT2D eigenvalue weighted by Gasteiger charge is 2.10. The minimum absolute atomic E-state index is 0.122. The molecule has 22 heavy (non-hydrogen) atoms. The van der Waals surface area contributed by atoms with Crippen LogP contribution in [-0.4, -0.2) is 22.1 Å². The van der Waals surface area contributed by atoms with Crippen LogP contribution in [0.4, 0.5) is 11.5 Å². The van der Waals surface area contributed by atoms with Gasteiger partial charge in [0.1, 0.15) is 0 Å². The molecule has 0 spiro atoms. The number of anilines is 2. The van der Waals surface area contributed by atoms with E-state index in [-0.39, 0.29) is 11.9 Å². The smallest absolute Gasteiger partial charge is 0.272 e. The molecule has 0 radical (unpaired) electrons. The van der Waals surface area contributed by atoms with Gasteiger partial charge in [0.25, 0.3) is 5.91 Å². The van der Waals surface area contributed by atoms with E-state index in [2.05, 4.69) is 36.8 Å². The fourth-order valence-electron chi connectivity index (χ4n) is 1.74. The van der Waals surface area contributed by atoms with E-state index in [4.69, 9.17) is 0 Å². The van der Waals surface area contributed by atoms with Gasteiger partial charge in [0, 0.05) is 16.2 Å². The maximum Gasteiger partial charge on any atom is 0.272 e. The summed E-state index contributed by atoms with van der Waals surface area (Å²) in [5, 5.41) is 14.0. The van der Waals surface area contributed by atoms with Gasteiger partial charge in [-0.1, -0.05) is 28.9 Å². The van der Waals surface area contributed by atoms with Crippen LogP contribution in [0.25, 0.3) is 0 Å². The second kappa shape index (κ2) is 7.35. The van der Waals surface area contributed by atoms with Crippen LogP contribution in [0.15, 0.2) is 34.8 Å². The van der Waals surface area contributed by atoms with Crippen LogP contribution in [0, 0.1) is 6.92 Å². The second-order valence-electron chi connectivity index (χ2n) is 5.18. The molecule has 0 aliphatic rings.